The van der Waals surface area contributed by atoms with E-state index < -0.39 is 39.1 Å². The van der Waals surface area contributed by atoms with Crippen molar-refractivity contribution in [2.45, 2.75) is 18.9 Å². The summed E-state index contributed by atoms with van der Waals surface area (Å²) in [5.74, 6) is -1.94. The van der Waals surface area contributed by atoms with Crippen molar-refractivity contribution in [2.24, 2.45) is 0 Å². The molecule has 22 heavy (non-hydrogen) atoms. The number of amides is 1. The SMILES string of the molecule is O=C(O)[C@@H]1CCCN1C(=O)c1cc([N+](=O)[O-])cc([N+](=O)[O-])c1. The van der Waals surface area contributed by atoms with Gasteiger partial charge in [-0.2, -0.15) is 0 Å². The van der Waals surface area contributed by atoms with Crippen LogP contribution in [0.5, 0.6) is 0 Å². The Morgan fingerprint density at radius 2 is 1.68 bits per heavy atom. The molecule has 0 aromatic heterocycles. The fourth-order valence-electron chi connectivity index (χ4n) is 2.36. The lowest BCUT2D eigenvalue weighted by Gasteiger charge is -2.21. The number of carbonyl (C=O) groups excluding carboxylic acids is 1. The summed E-state index contributed by atoms with van der Waals surface area (Å²) in [6, 6.07) is 1.54. The zero-order chi connectivity index (χ0) is 16.4. The Hall–Kier alpha value is -3.04. The molecule has 1 aliphatic heterocycles. The minimum absolute atomic E-state index is 0.187. The van der Waals surface area contributed by atoms with Gasteiger partial charge in [0.05, 0.1) is 21.5 Å². The normalized spacial score (nSPS) is 17.3. The zero-order valence-electron chi connectivity index (χ0n) is 11.2. The maximum atomic E-state index is 12.3. The lowest BCUT2D eigenvalue weighted by atomic mass is 10.1. The van der Waals surface area contributed by atoms with Crippen LogP contribution in [-0.4, -0.2) is 44.3 Å². The molecule has 1 heterocycles. The molecule has 1 aromatic carbocycles. The van der Waals surface area contributed by atoms with Gasteiger partial charge in [0, 0.05) is 18.7 Å². The van der Waals surface area contributed by atoms with Crippen molar-refractivity contribution in [1.29, 1.82) is 0 Å². The summed E-state index contributed by atoms with van der Waals surface area (Å²) in [7, 11) is 0. The van der Waals surface area contributed by atoms with E-state index in [0.717, 1.165) is 23.1 Å². The van der Waals surface area contributed by atoms with Crippen molar-refractivity contribution >= 4 is 23.3 Å². The van der Waals surface area contributed by atoms with Crippen molar-refractivity contribution < 1.29 is 24.5 Å². The number of carbonyl (C=O) groups is 2. The molecule has 0 saturated carbocycles. The molecule has 2 rings (SSSR count). The summed E-state index contributed by atoms with van der Waals surface area (Å²) in [5, 5.41) is 30.7. The first-order chi connectivity index (χ1) is 10.3. The second-order valence-corrected chi connectivity index (χ2v) is 4.75. The number of hydrogen-bond donors (Lipinski definition) is 1. The standard InChI is InChI=1S/C12H11N3O7/c16-11(13-3-1-2-10(13)12(17)18)7-4-8(14(19)20)6-9(5-7)15(21)22/h4-6,10H,1-3H2,(H,17,18)/t10-/m0/s1. The minimum atomic E-state index is -1.18. The van der Waals surface area contributed by atoms with Crippen LogP contribution in [0.25, 0.3) is 0 Å². The van der Waals surface area contributed by atoms with E-state index in [-0.39, 0.29) is 18.5 Å². The molecular formula is C12H11N3O7. The predicted molar refractivity (Wildman–Crippen MR) is 71.4 cm³/mol. The number of nitro groups is 2. The molecule has 10 heteroatoms. The Kier molecular flexibility index (Phi) is 4.02. The zero-order valence-corrected chi connectivity index (χ0v) is 11.2. The molecular weight excluding hydrogens is 298 g/mol. The summed E-state index contributed by atoms with van der Waals surface area (Å²) in [6.45, 7) is 0.187. The monoisotopic (exact) mass is 309 g/mol. The minimum Gasteiger partial charge on any atom is -0.480 e. The van der Waals surface area contributed by atoms with Gasteiger partial charge in [-0.25, -0.2) is 4.79 Å². The van der Waals surface area contributed by atoms with E-state index >= 15 is 0 Å². The maximum absolute atomic E-state index is 12.3. The first-order valence-corrected chi connectivity index (χ1v) is 6.29. The fourth-order valence-corrected chi connectivity index (χ4v) is 2.36. The van der Waals surface area contributed by atoms with Crippen molar-refractivity contribution in [3.63, 3.8) is 0 Å². The molecule has 10 nitrogen and oxygen atoms in total. The van der Waals surface area contributed by atoms with Gasteiger partial charge in [0.25, 0.3) is 17.3 Å². The molecule has 1 aliphatic rings. The number of nitrogens with zero attached hydrogens (tertiary/aromatic N) is 3. The van der Waals surface area contributed by atoms with Gasteiger partial charge in [-0.3, -0.25) is 25.0 Å². The van der Waals surface area contributed by atoms with Gasteiger partial charge in [-0.1, -0.05) is 0 Å². The molecule has 1 atom stereocenters. The highest BCUT2D eigenvalue weighted by atomic mass is 16.6. The van der Waals surface area contributed by atoms with Crippen molar-refractivity contribution in [3.05, 3.63) is 44.0 Å². The van der Waals surface area contributed by atoms with Crippen LogP contribution in [0.15, 0.2) is 18.2 Å². The van der Waals surface area contributed by atoms with Gasteiger partial charge in [-0.05, 0) is 12.8 Å². The summed E-state index contributed by atoms with van der Waals surface area (Å²) < 4.78 is 0. The van der Waals surface area contributed by atoms with Crippen LogP contribution in [-0.2, 0) is 4.79 Å². The quantitative estimate of drug-likeness (QED) is 0.649. The third kappa shape index (κ3) is 2.85. The first-order valence-electron chi connectivity index (χ1n) is 6.29. The molecule has 116 valence electrons. The van der Waals surface area contributed by atoms with E-state index in [0.29, 0.717) is 6.42 Å². The van der Waals surface area contributed by atoms with E-state index in [2.05, 4.69) is 0 Å². The first kappa shape index (κ1) is 15.4. The summed E-state index contributed by atoms with van der Waals surface area (Å²) in [5.41, 5.74) is -1.46. The molecule has 0 aliphatic carbocycles. The number of non-ortho nitro benzene ring substituents is 2. The van der Waals surface area contributed by atoms with Gasteiger partial charge < -0.3 is 10.0 Å². The molecule has 1 fully saturated rings. The van der Waals surface area contributed by atoms with Gasteiger partial charge in [0.2, 0.25) is 0 Å². The molecule has 1 amide bonds. The largest absolute Gasteiger partial charge is 0.480 e. The molecule has 0 bridgehead atoms. The summed E-state index contributed by atoms with van der Waals surface area (Å²) in [6.07, 6.45) is 0.762. The lowest BCUT2D eigenvalue weighted by Crippen LogP contribution is -2.40. The number of carboxylic acids is 1. The number of aliphatic carboxylic acids is 1. The fraction of sp³-hybridized carbons (Fsp3) is 0.333. The lowest BCUT2D eigenvalue weighted by molar-refractivity contribution is -0.394. The molecule has 0 spiro atoms. The molecule has 1 N–H and O–H groups in total. The van der Waals surface area contributed by atoms with Crippen LogP contribution in [0.2, 0.25) is 0 Å². The van der Waals surface area contributed by atoms with Crippen molar-refractivity contribution in [3.8, 4) is 0 Å². The van der Waals surface area contributed by atoms with Crippen LogP contribution < -0.4 is 0 Å². The van der Waals surface area contributed by atoms with Crippen LogP contribution >= 0.6 is 0 Å². The van der Waals surface area contributed by atoms with Crippen LogP contribution in [0, 0.1) is 20.2 Å². The number of nitro benzene ring substituents is 2. The Bertz CT molecular complexity index is 640. The Morgan fingerprint density at radius 1 is 1.14 bits per heavy atom. The average Bonchev–Trinajstić information content (AvgIpc) is 2.95. The van der Waals surface area contributed by atoms with Gasteiger partial charge >= 0.3 is 5.97 Å². The van der Waals surface area contributed by atoms with E-state index in [9.17, 15) is 29.8 Å². The molecule has 1 saturated heterocycles. The van der Waals surface area contributed by atoms with E-state index in [1.807, 2.05) is 0 Å². The van der Waals surface area contributed by atoms with Gasteiger partial charge in [0.15, 0.2) is 0 Å². The number of hydrogen-bond acceptors (Lipinski definition) is 6. The number of benzene rings is 1. The Morgan fingerprint density at radius 3 is 2.14 bits per heavy atom. The third-order valence-electron chi connectivity index (χ3n) is 3.37. The van der Waals surface area contributed by atoms with Crippen LogP contribution in [0.4, 0.5) is 11.4 Å². The van der Waals surface area contributed by atoms with Gasteiger partial charge in [-0.15, -0.1) is 0 Å². The molecule has 0 radical (unpaired) electrons. The second kappa shape index (κ2) is 5.76. The number of carboxylic acid groups (broad SMARTS) is 1. The van der Waals surface area contributed by atoms with Crippen LogP contribution in [0.1, 0.15) is 23.2 Å². The average molecular weight is 309 g/mol. The van der Waals surface area contributed by atoms with Crippen LogP contribution in [0.3, 0.4) is 0 Å². The smallest absolute Gasteiger partial charge is 0.326 e. The predicted octanol–water partition coefficient (Wildman–Crippen LogP) is 1.19. The van der Waals surface area contributed by atoms with E-state index in [1.165, 1.54) is 0 Å². The summed E-state index contributed by atoms with van der Waals surface area (Å²) >= 11 is 0. The Labute approximate surface area is 123 Å². The van der Waals surface area contributed by atoms with E-state index in [4.69, 9.17) is 5.11 Å². The second-order valence-electron chi connectivity index (χ2n) is 4.75. The number of likely N-dealkylation sites (tertiary alicyclic amines) is 1. The van der Waals surface area contributed by atoms with Crippen molar-refractivity contribution in [1.82, 2.24) is 4.90 Å². The van der Waals surface area contributed by atoms with Crippen molar-refractivity contribution in [2.75, 3.05) is 6.54 Å². The summed E-state index contributed by atoms with van der Waals surface area (Å²) in [4.78, 5) is 44.4. The highest BCUT2D eigenvalue weighted by Gasteiger charge is 2.35. The highest BCUT2D eigenvalue weighted by Crippen LogP contribution is 2.26. The Balaban J connectivity index is 2.42. The maximum Gasteiger partial charge on any atom is 0.326 e. The van der Waals surface area contributed by atoms with Gasteiger partial charge in [0.1, 0.15) is 6.04 Å². The third-order valence-corrected chi connectivity index (χ3v) is 3.37. The highest BCUT2D eigenvalue weighted by molar-refractivity contribution is 5.98. The molecule has 0 unspecified atom stereocenters. The van der Waals surface area contributed by atoms with E-state index in [1.54, 1.807) is 0 Å². The topological polar surface area (TPSA) is 144 Å². The number of rotatable bonds is 4. The molecule has 1 aromatic rings.